The summed E-state index contributed by atoms with van der Waals surface area (Å²) in [5.74, 6) is -0.308. The van der Waals surface area contributed by atoms with Crippen LogP contribution in [0.3, 0.4) is 0 Å². The van der Waals surface area contributed by atoms with Crippen LogP contribution in [0.5, 0.6) is 0 Å². The molecule has 6 nitrogen and oxygen atoms in total. The molecule has 0 aliphatic carbocycles. The number of nitrogens with one attached hydrogen (secondary N) is 1. The highest BCUT2D eigenvalue weighted by molar-refractivity contribution is 7.89. The first-order valence-corrected chi connectivity index (χ1v) is 11.2. The molecule has 0 atom stereocenters. The second-order valence-electron chi connectivity index (χ2n) is 7.12. The van der Waals surface area contributed by atoms with Gasteiger partial charge in [-0.3, -0.25) is 4.98 Å². The first-order valence-electron chi connectivity index (χ1n) is 9.38. The molecule has 0 amide bonds. The van der Waals surface area contributed by atoms with Gasteiger partial charge in [-0.15, -0.1) is 0 Å². The summed E-state index contributed by atoms with van der Waals surface area (Å²) in [5.41, 5.74) is 4.26. The summed E-state index contributed by atoms with van der Waals surface area (Å²) in [4.78, 5) is 7.12. The fourth-order valence-corrected chi connectivity index (χ4v) is 4.42. The van der Waals surface area contributed by atoms with E-state index in [9.17, 15) is 12.8 Å². The van der Waals surface area contributed by atoms with Crippen LogP contribution in [0, 0.1) is 6.92 Å². The quantitative estimate of drug-likeness (QED) is 0.530. The van der Waals surface area contributed by atoms with Crippen molar-refractivity contribution in [1.82, 2.24) is 18.7 Å². The van der Waals surface area contributed by atoms with E-state index in [-0.39, 0.29) is 23.8 Å². The molecular weight excluding hydrogens is 427 g/mol. The number of pyridine rings is 1. The maximum absolute atomic E-state index is 14.3. The molecule has 0 aliphatic heterocycles. The average molecular weight is 451 g/mol. The molecule has 0 saturated heterocycles. The van der Waals surface area contributed by atoms with Crippen molar-refractivity contribution in [3.8, 4) is 0 Å². The monoisotopic (exact) mass is 450 g/mol. The number of hydrogen-bond acceptors (Lipinski definition) is 4. The minimum Gasteiger partial charge on any atom is -0.336 e. The SMILES string of the molecule is Cc1c(Cc2cccc(S(=O)(=O)N(C)C)c2)c2ncccc2n1C/C(F)=C/CNCl. The minimum atomic E-state index is -3.53. The van der Waals surface area contributed by atoms with Gasteiger partial charge in [-0.1, -0.05) is 12.1 Å². The lowest BCUT2D eigenvalue weighted by Crippen LogP contribution is -2.22. The van der Waals surface area contributed by atoms with E-state index in [2.05, 4.69) is 9.82 Å². The molecule has 0 saturated carbocycles. The Morgan fingerprint density at radius 3 is 2.77 bits per heavy atom. The number of allylic oxidation sites excluding steroid dienone is 1. The summed E-state index contributed by atoms with van der Waals surface area (Å²) in [6.45, 7) is 2.22. The second-order valence-corrected chi connectivity index (χ2v) is 9.54. The second kappa shape index (κ2) is 9.26. The summed E-state index contributed by atoms with van der Waals surface area (Å²) in [6.07, 6.45) is 3.58. The van der Waals surface area contributed by atoms with Crippen LogP contribution in [-0.2, 0) is 23.0 Å². The van der Waals surface area contributed by atoms with Gasteiger partial charge in [0, 0.05) is 44.5 Å². The van der Waals surface area contributed by atoms with Gasteiger partial charge in [-0.2, -0.15) is 0 Å². The van der Waals surface area contributed by atoms with E-state index < -0.39 is 10.0 Å². The summed E-state index contributed by atoms with van der Waals surface area (Å²) < 4.78 is 42.3. The molecule has 1 aromatic carbocycles. The number of nitrogens with zero attached hydrogens (tertiary/aromatic N) is 3. The maximum atomic E-state index is 14.3. The molecule has 0 spiro atoms. The Kier molecular flexibility index (Phi) is 6.92. The fraction of sp³-hybridized carbons (Fsp3) is 0.286. The van der Waals surface area contributed by atoms with Crippen LogP contribution in [0.4, 0.5) is 4.39 Å². The van der Waals surface area contributed by atoms with Crippen molar-refractivity contribution in [2.75, 3.05) is 20.6 Å². The molecule has 1 N–H and O–H groups in total. The van der Waals surface area contributed by atoms with Crippen molar-refractivity contribution in [3.05, 3.63) is 71.3 Å². The third-order valence-corrected chi connectivity index (χ3v) is 6.94. The van der Waals surface area contributed by atoms with Crippen LogP contribution in [0.1, 0.15) is 16.8 Å². The number of aromatic nitrogens is 2. The number of benzene rings is 1. The maximum Gasteiger partial charge on any atom is 0.242 e. The van der Waals surface area contributed by atoms with Gasteiger partial charge in [0.1, 0.15) is 5.83 Å². The van der Waals surface area contributed by atoms with E-state index in [4.69, 9.17) is 11.8 Å². The standard InChI is InChI=1S/C21H24ClFN4O2S/c1-15-19(13-16-6-4-7-18(12-16)30(28,29)26(2)3)21-20(8-5-10-24-21)27(15)14-17(23)9-11-25-22/h4-10,12,25H,11,13-14H2,1-3H3/b17-9-. The zero-order valence-electron chi connectivity index (χ0n) is 17.1. The third kappa shape index (κ3) is 4.57. The predicted octanol–water partition coefficient (Wildman–Crippen LogP) is 3.78. The first kappa shape index (κ1) is 22.4. The molecule has 2 heterocycles. The Morgan fingerprint density at radius 2 is 2.07 bits per heavy atom. The number of rotatable bonds is 8. The fourth-order valence-electron chi connectivity index (χ4n) is 3.37. The topological polar surface area (TPSA) is 67.2 Å². The van der Waals surface area contributed by atoms with Gasteiger partial charge >= 0.3 is 0 Å². The van der Waals surface area contributed by atoms with E-state index in [0.717, 1.165) is 27.9 Å². The Labute approximate surface area is 181 Å². The molecule has 3 aromatic rings. The van der Waals surface area contributed by atoms with Crippen LogP contribution in [0.2, 0.25) is 0 Å². The van der Waals surface area contributed by atoms with E-state index in [1.165, 1.54) is 24.5 Å². The summed E-state index contributed by atoms with van der Waals surface area (Å²) in [6, 6.07) is 10.6. The molecular formula is C21H24ClFN4O2S. The van der Waals surface area contributed by atoms with Gasteiger partial charge in [0.2, 0.25) is 10.0 Å². The highest BCUT2D eigenvalue weighted by atomic mass is 35.5. The Hall–Kier alpha value is -2.26. The summed E-state index contributed by atoms with van der Waals surface area (Å²) in [5, 5.41) is 0. The lowest BCUT2D eigenvalue weighted by molar-refractivity contribution is 0.520. The van der Waals surface area contributed by atoms with Crippen molar-refractivity contribution in [2.24, 2.45) is 0 Å². The van der Waals surface area contributed by atoms with Crippen molar-refractivity contribution < 1.29 is 12.8 Å². The molecule has 9 heteroatoms. The van der Waals surface area contributed by atoms with Crippen LogP contribution in [-0.4, -0.2) is 42.9 Å². The molecule has 0 radical (unpaired) electrons. The van der Waals surface area contributed by atoms with Gasteiger partial charge in [-0.05, 0) is 54.6 Å². The summed E-state index contributed by atoms with van der Waals surface area (Å²) in [7, 11) is -0.514. The molecule has 0 bridgehead atoms. The van der Waals surface area contributed by atoms with E-state index >= 15 is 0 Å². The average Bonchev–Trinajstić information content (AvgIpc) is 2.98. The van der Waals surface area contributed by atoms with Crippen molar-refractivity contribution in [3.63, 3.8) is 0 Å². The Balaban J connectivity index is 2.03. The minimum absolute atomic E-state index is 0.0711. The van der Waals surface area contributed by atoms with Gasteiger partial charge in [0.15, 0.2) is 0 Å². The van der Waals surface area contributed by atoms with E-state index in [1.54, 1.807) is 24.4 Å². The van der Waals surface area contributed by atoms with Crippen LogP contribution < -0.4 is 4.84 Å². The Bertz CT molecular complexity index is 1190. The normalized spacial score (nSPS) is 12.8. The third-order valence-electron chi connectivity index (χ3n) is 4.97. The van der Waals surface area contributed by atoms with Crippen molar-refractivity contribution in [2.45, 2.75) is 24.8 Å². The molecule has 30 heavy (non-hydrogen) atoms. The first-order chi connectivity index (χ1) is 14.3. The lowest BCUT2D eigenvalue weighted by atomic mass is 10.0. The highest BCUT2D eigenvalue weighted by Crippen LogP contribution is 2.28. The largest absolute Gasteiger partial charge is 0.336 e. The number of halogens is 2. The van der Waals surface area contributed by atoms with Crippen molar-refractivity contribution >= 4 is 32.8 Å². The van der Waals surface area contributed by atoms with Crippen LogP contribution >= 0.6 is 11.8 Å². The molecule has 2 aromatic heterocycles. The predicted molar refractivity (Wildman–Crippen MR) is 118 cm³/mol. The lowest BCUT2D eigenvalue weighted by Gasteiger charge is -2.12. The van der Waals surface area contributed by atoms with E-state index in [1.807, 2.05) is 29.7 Å². The molecule has 0 fully saturated rings. The molecule has 0 aliphatic rings. The van der Waals surface area contributed by atoms with E-state index in [0.29, 0.717) is 6.42 Å². The van der Waals surface area contributed by atoms with Crippen LogP contribution in [0.25, 0.3) is 11.0 Å². The molecule has 0 unspecified atom stereocenters. The molecule has 160 valence electrons. The van der Waals surface area contributed by atoms with Gasteiger partial charge in [0.25, 0.3) is 0 Å². The number of sulfonamides is 1. The van der Waals surface area contributed by atoms with Crippen LogP contribution in [0.15, 0.2) is 59.4 Å². The van der Waals surface area contributed by atoms with Gasteiger partial charge in [0.05, 0.1) is 22.5 Å². The summed E-state index contributed by atoms with van der Waals surface area (Å²) >= 11 is 5.41. The highest BCUT2D eigenvalue weighted by Gasteiger charge is 2.19. The number of hydrogen-bond donors (Lipinski definition) is 1. The van der Waals surface area contributed by atoms with Gasteiger partial charge < -0.3 is 4.57 Å². The number of fused-ring (bicyclic) bond motifs is 1. The molecule has 3 rings (SSSR count). The zero-order chi connectivity index (χ0) is 21.9. The van der Waals surface area contributed by atoms with Gasteiger partial charge in [-0.25, -0.2) is 21.9 Å². The zero-order valence-corrected chi connectivity index (χ0v) is 18.6. The smallest absolute Gasteiger partial charge is 0.242 e. The van der Waals surface area contributed by atoms with Crippen molar-refractivity contribution in [1.29, 1.82) is 0 Å². The Morgan fingerprint density at radius 1 is 1.30 bits per heavy atom.